The molecule has 1 aliphatic rings. The molecule has 0 aliphatic heterocycles. The number of aldehydes is 1. The van der Waals surface area contributed by atoms with Gasteiger partial charge in [0.15, 0.2) is 0 Å². The molecule has 1 aliphatic carbocycles. The topological polar surface area (TPSA) is 17.1 Å². The minimum atomic E-state index is 0.604. The van der Waals surface area contributed by atoms with E-state index in [0.29, 0.717) is 11.8 Å². The second-order valence-electron chi connectivity index (χ2n) is 2.32. The Hall–Kier alpha value is -0.850. The molecule has 0 radical (unpaired) electrons. The van der Waals surface area contributed by atoms with E-state index in [2.05, 4.69) is 6.58 Å². The van der Waals surface area contributed by atoms with Gasteiger partial charge in [0.25, 0.3) is 0 Å². The highest BCUT2D eigenvalue weighted by atomic mass is 16.1. The summed E-state index contributed by atoms with van der Waals surface area (Å²) in [6.45, 7) is 3.66. The van der Waals surface area contributed by atoms with E-state index in [1.54, 1.807) is 6.08 Å². The summed E-state index contributed by atoms with van der Waals surface area (Å²) in [5, 5.41) is 0. The predicted octanol–water partition coefficient (Wildman–Crippen LogP) is 1.56. The molecule has 1 rings (SSSR count). The van der Waals surface area contributed by atoms with E-state index in [-0.39, 0.29) is 0 Å². The van der Waals surface area contributed by atoms with Crippen molar-refractivity contribution >= 4 is 6.29 Å². The van der Waals surface area contributed by atoms with Crippen LogP contribution in [-0.2, 0) is 4.79 Å². The Morgan fingerprint density at radius 1 is 1.44 bits per heavy atom. The zero-order valence-electron chi connectivity index (χ0n) is 5.29. The lowest BCUT2D eigenvalue weighted by Gasteiger charge is -1.78. The Kier molecular flexibility index (Phi) is 1.83. The molecule has 0 saturated heterocycles. The Labute approximate surface area is 55.1 Å². The van der Waals surface area contributed by atoms with Crippen LogP contribution in [-0.4, -0.2) is 6.29 Å². The summed E-state index contributed by atoms with van der Waals surface area (Å²) in [6.07, 6.45) is 7.44. The van der Waals surface area contributed by atoms with Gasteiger partial charge in [0.05, 0.1) is 0 Å². The molecule has 0 amide bonds. The number of carbonyl (C=O) groups excluding carboxylic acids is 1. The fourth-order valence-electron chi connectivity index (χ4n) is 0.916. The standard InChI is InChI=1S/C8H10O/c1-2-7-6-8(7)4-3-5-9/h2-5,7-8H,1,6H2/b4-3+/t7-,8?/m0/s1. The largest absolute Gasteiger partial charge is 0.299 e. The van der Waals surface area contributed by atoms with E-state index in [0.717, 1.165) is 6.29 Å². The van der Waals surface area contributed by atoms with Crippen molar-refractivity contribution in [3.63, 3.8) is 0 Å². The fraction of sp³-hybridized carbons (Fsp3) is 0.375. The number of rotatable bonds is 3. The molecule has 0 spiro atoms. The highest BCUT2D eigenvalue weighted by Crippen LogP contribution is 2.39. The number of hydrogen-bond donors (Lipinski definition) is 0. The molecule has 1 heteroatoms. The average molecular weight is 122 g/mol. The lowest BCUT2D eigenvalue weighted by atomic mass is 10.3. The van der Waals surface area contributed by atoms with Crippen molar-refractivity contribution < 1.29 is 4.79 Å². The van der Waals surface area contributed by atoms with Crippen molar-refractivity contribution in [3.05, 3.63) is 24.8 Å². The number of carbonyl (C=O) groups is 1. The molecule has 0 heterocycles. The minimum Gasteiger partial charge on any atom is -0.299 e. The summed E-state index contributed by atoms with van der Waals surface area (Å²) < 4.78 is 0. The monoisotopic (exact) mass is 122 g/mol. The first kappa shape index (κ1) is 6.27. The van der Waals surface area contributed by atoms with Crippen molar-refractivity contribution in [2.75, 3.05) is 0 Å². The van der Waals surface area contributed by atoms with E-state index in [9.17, 15) is 4.79 Å². The van der Waals surface area contributed by atoms with Gasteiger partial charge in [-0.15, -0.1) is 6.58 Å². The van der Waals surface area contributed by atoms with Crippen LogP contribution in [0.1, 0.15) is 6.42 Å². The van der Waals surface area contributed by atoms with Crippen LogP contribution in [0.2, 0.25) is 0 Å². The normalized spacial score (nSPS) is 32.4. The summed E-state index contributed by atoms with van der Waals surface area (Å²) in [7, 11) is 0. The SMILES string of the molecule is C=C[C@H]1CC1/C=C/C=O. The first-order chi connectivity index (χ1) is 4.38. The molecule has 1 unspecified atom stereocenters. The van der Waals surface area contributed by atoms with Gasteiger partial charge in [-0.05, 0) is 24.3 Å². The quantitative estimate of drug-likeness (QED) is 0.315. The van der Waals surface area contributed by atoms with Crippen LogP contribution in [0.5, 0.6) is 0 Å². The molecule has 2 atom stereocenters. The second-order valence-corrected chi connectivity index (χ2v) is 2.32. The maximum absolute atomic E-state index is 9.82. The molecule has 0 aromatic heterocycles. The molecule has 0 aromatic rings. The maximum Gasteiger partial charge on any atom is 0.142 e. The van der Waals surface area contributed by atoms with Crippen LogP contribution < -0.4 is 0 Å². The first-order valence-electron chi connectivity index (χ1n) is 3.13. The molecular formula is C8H10O. The Morgan fingerprint density at radius 2 is 2.22 bits per heavy atom. The first-order valence-corrected chi connectivity index (χ1v) is 3.13. The van der Waals surface area contributed by atoms with Crippen molar-refractivity contribution in [1.82, 2.24) is 0 Å². The van der Waals surface area contributed by atoms with Crippen molar-refractivity contribution in [3.8, 4) is 0 Å². The van der Waals surface area contributed by atoms with Gasteiger partial charge < -0.3 is 0 Å². The van der Waals surface area contributed by atoms with E-state index in [1.807, 2.05) is 12.2 Å². The molecule has 0 aromatic carbocycles. The summed E-state index contributed by atoms with van der Waals surface area (Å²) in [5.41, 5.74) is 0. The van der Waals surface area contributed by atoms with Gasteiger partial charge in [0.2, 0.25) is 0 Å². The lowest BCUT2D eigenvalue weighted by Crippen LogP contribution is -1.70. The van der Waals surface area contributed by atoms with Crippen molar-refractivity contribution in [2.24, 2.45) is 11.8 Å². The van der Waals surface area contributed by atoms with Crippen LogP contribution in [0.4, 0.5) is 0 Å². The van der Waals surface area contributed by atoms with E-state index in [4.69, 9.17) is 0 Å². The number of hydrogen-bond acceptors (Lipinski definition) is 1. The maximum atomic E-state index is 9.82. The van der Waals surface area contributed by atoms with Crippen molar-refractivity contribution in [1.29, 1.82) is 0 Å². The Bertz CT molecular complexity index is 147. The molecule has 0 bridgehead atoms. The molecule has 1 fully saturated rings. The summed E-state index contributed by atoms with van der Waals surface area (Å²) in [5.74, 6) is 1.24. The zero-order valence-corrected chi connectivity index (χ0v) is 5.29. The van der Waals surface area contributed by atoms with Crippen LogP contribution >= 0.6 is 0 Å². The highest BCUT2D eigenvalue weighted by Gasteiger charge is 2.31. The third-order valence-electron chi connectivity index (χ3n) is 1.63. The Balaban J connectivity index is 2.26. The number of allylic oxidation sites excluding steroid dienone is 3. The highest BCUT2D eigenvalue weighted by molar-refractivity contribution is 5.64. The molecule has 1 saturated carbocycles. The minimum absolute atomic E-state index is 0.604. The van der Waals surface area contributed by atoms with Gasteiger partial charge in [0, 0.05) is 0 Å². The van der Waals surface area contributed by atoms with Crippen LogP contribution in [0.15, 0.2) is 24.8 Å². The van der Waals surface area contributed by atoms with Gasteiger partial charge in [-0.2, -0.15) is 0 Å². The molecule has 1 nitrogen and oxygen atoms in total. The van der Waals surface area contributed by atoms with Gasteiger partial charge in [-0.3, -0.25) is 4.79 Å². The second kappa shape index (κ2) is 2.62. The van der Waals surface area contributed by atoms with Crippen LogP contribution in [0, 0.1) is 11.8 Å². The fourth-order valence-corrected chi connectivity index (χ4v) is 0.916. The van der Waals surface area contributed by atoms with Gasteiger partial charge in [-0.25, -0.2) is 0 Å². The third-order valence-corrected chi connectivity index (χ3v) is 1.63. The van der Waals surface area contributed by atoms with Crippen LogP contribution in [0.3, 0.4) is 0 Å². The van der Waals surface area contributed by atoms with Crippen LogP contribution in [0.25, 0.3) is 0 Å². The summed E-state index contributed by atoms with van der Waals surface area (Å²) in [6, 6.07) is 0. The van der Waals surface area contributed by atoms with Crippen molar-refractivity contribution in [2.45, 2.75) is 6.42 Å². The summed E-state index contributed by atoms with van der Waals surface area (Å²) >= 11 is 0. The smallest absolute Gasteiger partial charge is 0.142 e. The van der Waals surface area contributed by atoms with Gasteiger partial charge in [0.1, 0.15) is 6.29 Å². The average Bonchev–Trinajstić information content (AvgIpc) is 2.62. The molecule has 9 heavy (non-hydrogen) atoms. The van der Waals surface area contributed by atoms with Gasteiger partial charge >= 0.3 is 0 Å². The lowest BCUT2D eigenvalue weighted by molar-refractivity contribution is -0.104. The molecular weight excluding hydrogens is 112 g/mol. The summed E-state index contributed by atoms with van der Waals surface area (Å²) in [4.78, 5) is 9.82. The third kappa shape index (κ3) is 1.53. The van der Waals surface area contributed by atoms with Gasteiger partial charge in [-0.1, -0.05) is 12.2 Å². The Morgan fingerprint density at radius 3 is 2.67 bits per heavy atom. The van der Waals surface area contributed by atoms with E-state index < -0.39 is 0 Å². The zero-order chi connectivity index (χ0) is 6.69. The van der Waals surface area contributed by atoms with E-state index in [1.165, 1.54) is 6.42 Å². The molecule has 0 N–H and O–H groups in total. The molecule has 48 valence electrons. The van der Waals surface area contributed by atoms with E-state index >= 15 is 0 Å². The predicted molar refractivity (Wildman–Crippen MR) is 37.0 cm³/mol.